The second kappa shape index (κ2) is 4.28. The molecule has 1 saturated carbocycles. The summed E-state index contributed by atoms with van der Waals surface area (Å²) in [5.74, 6) is 0. The number of rotatable bonds is 2. The standard InChI is InChI=1S/C14H17N3S/c15-11-5-3-10(4-6-11)14(7-1-2-8-14)12-9-18-13(16)17-12/h3-6,9H,1-2,7-8,15H2,(H2,16,17). The zero-order chi connectivity index (χ0) is 12.6. The number of nitrogen functional groups attached to an aromatic ring is 2. The lowest BCUT2D eigenvalue weighted by atomic mass is 9.76. The van der Waals surface area contributed by atoms with Crippen LogP contribution in [-0.2, 0) is 5.41 Å². The van der Waals surface area contributed by atoms with Crippen LogP contribution in [0.5, 0.6) is 0 Å². The van der Waals surface area contributed by atoms with Crippen LogP contribution in [-0.4, -0.2) is 4.98 Å². The predicted octanol–water partition coefficient (Wildman–Crippen LogP) is 3.17. The highest BCUT2D eigenvalue weighted by Crippen LogP contribution is 2.46. The first kappa shape index (κ1) is 11.5. The summed E-state index contributed by atoms with van der Waals surface area (Å²) in [6, 6.07) is 8.22. The van der Waals surface area contributed by atoms with Gasteiger partial charge in [0, 0.05) is 16.5 Å². The zero-order valence-corrected chi connectivity index (χ0v) is 11.0. The minimum Gasteiger partial charge on any atom is -0.399 e. The van der Waals surface area contributed by atoms with E-state index in [0.717, 1.165) is 24.2 Å². The van der Waals surface area contributed by atoms with Gasteiger partial charge in [0.25, 0.3) is 0 Å². The number of hydrogen-bond acceptors (Lipinski definition) is 4. The molecule has 4 heteroatoms. The van der Waals surface area contributed by atoms with Crippen LogP contribution in [0.1, 0.15) is 36.9 Å². The van der Waals surface area contributed by atoms with E-state index in [1.54, 1.807) is 0 Å². The molecule has 3 nitrogen and oxygen atoms in total. The number of nitrogens with zero attached hydrogens (tertiary/aromatic N) is 1. The lowest BCUT2D eigenvalue weighted by molar-refractivity contribution is 0.522. The molecule has 0 radical (unpaired) electrons. The Morgan fingerprint density at radius 1 is 1.06 bits per heavy atom. The van der Waals surface area contributed by atoms with Gasteiger partial charge in [-0.25, -0.2) is 4.98 Å². The van der Waals surface area contributed by atoms with Crippen LogP contribution in [0.3, 0.4) is 0 Å². The van der Waals surface area contributed by atoms with E-state index in [0.29, 0.717) is 5.13 Å². The molecule has 1 heterocycles. The molecule has 0 spiro atoms. The van der Waals surface area contributed by atoms with Crippen molar-refractivity contribution in [3.8, 4) is 0 Å². The van der Waals surface area contributed by atoms with Gasteiger partial charge in [-0.15, -0.1) is 11.3 Å². The maximum Gasteiger partial charge on any atom is 0.180 e. The monoisotopic (exact) mass is 259 g/mol. The van der Waals surface area contributed by atoms with Crippen LogP contribution < -0.4 is 11.5 Å². The minimum absolute atomic E-state index is 0.0574. The number of aromatic nitrogens is 1. The van der Waals surface area contributed by atoms with E-state index in [1.165, 1.54) is 29.7 Å². The van der Waals surface area contributed by atoms with E-state index in [9.17, 15) is 0 Å². The topological polar surface area (TPSA) is 64.9 Å². The Bertz CT molecular complexity index is 538. The van der Waals surface area contributed by atoms with Gasteiger partial charge in [-0.3, -0.25) is 0 Å². The molecule has 94 valence electrons. The van der Waals surface area contributed by atoms with Crippen LogP contribution in [0.25, 0.3) is 0 Å². The van der Waals surface area contributed by atoms with Crippen LogP contribution in [0.4, 0.5) is 10.8 Å². The largest absolute Gasteiger partial charge is 0.399 e. The van der Waals surface area contributed by atoms with Crippen LogP contribution in [0, 0.1) is 0 Å². The van der Waals surface area contributed by atoms with Crippen molar-refractivity contribution in [2.75, 3.05) is 11.5 Å². The van der Waals surface area contributed by atoms with Crippen LogP contribution in [0.15, 0.2) is 29.6 Å². The van der Waals surface area contributed by atoms with Gasteiger partial charge < -0.3 is 11.5 Å². The molecule has 0 atom stereocenters. The lowest BCUT2D eigenvalue weighted by Crippen LogP contribution is -2.24. The normalized spacial score (nSPS) is 18.0. The molecule has 1 fully saturated rings. The number of thiazole rings is 1. The maximum absolute atomic E-state index is 5.79. The summed E-state index contributed by atoms with van der Waals surface area (Å²) in [6.45, 7) is 0. The van der Waals surface area contributed by atoms with Gasteiger partial charge in [0.1, 0.15) is 0 Å². The van der Waals surface area contributed by atoms with Gasteiger partial charge in [0.15, 0.2) is 5.13 Å². The summed E-state index contributed by atoms with van der Waals surface area (Å²) in [7, 11) is 0. The van der Waals surface area contributed by atoms with Gasteiger partial charge in [-0.2, -0.15) is 0 Å². The van der Waals surface area contributed by atoms with Gasteiger partial charge >= 0.3 is 0 Å². The Morgan fingerprint density at radius 2 is 1.72 bits per heavy atom. The van der Waals surface area contributed by atoms with Gasteiger partial charge in [0.2, 0.25) is 0 Å². The molecule has 3 rings (SSSR count). The number of anilines is 2. The Balaban J connectivity index is 2.09. The molecule has 0 saturated heterocycles. The third kappa shape index (κ3) is 1.77. The van der Waals surface area contributed by atoms with Crippen molar-refractivity contribution >= 4 is 22.2 Å². The second-order valence-corrected chi connectivity index (χ2v) is 5.87. The highest BCUT2D eigenvalue weighted by atomic mass is 32.1. The summed E-state index contributed by atoms with van der Waals surface area (Å²) in [5, 5.41) is 2.77. The van der Waals surface area contributed by atoms with E-state index in [4.69, 9.17) is 11.5 Å². The maximum atomic E-state index is 5.79. The van der Waals surface area contributed by atoms with Gasteiger partial charge in [-0.1, -0.05) is 25.0 Å². The molecule has 4 N–H and O–H groups in total. The quantitative estimate of drug-likeness (QED) is 0.814. The molecule has 18 heavy (non-hydrogen) atoms. The Labute approximate surface area is 111 Å². The summed E-state index contributed by atoms with van der Waals surface area (Å²) >= 11 is 1.53. The van der Waals surface area contributed by atoms with Crippen molar-refractivity contribution in [3.05, 3.63) is 40.9 Å². The number of hydrogen-bond donors (Lipinski definition) is 2. The van der Waals surface area contributed by atoms with Gasteiger partial charge in [0.05, 0.1) is 5.69 Å². The van der Waals surface area contributed by atoms with Gasteiger partial charge in [-0.05, 0) is 30.5 Å². The molecular weight excluding hydrogens is 242 g/mol. The van der Waals surface area contributed by atoms with E-state index >= 15 is 0 Å². The summed E-state index contributed by atoms with van der Waals surface area (Å²) in [5.41, 5.74) is 14.9. The third-order valence-electron chi connectivity index (χ3n) is 3.93. The summed E-state index contributed by atoms with van der Waals surface area (Å²) < 4.78 is 0. The highest BCUT2D eigenvalue weighted by Gasteiger charge is 2.39. The minimum atomic E-state index is 0.0574. The van der Waals surface area contributed by atoms with E-state index in [2.05, 4.69) is 22.5 Å². The smallest absolute Gasteiger partial charge is 0.180 e. The van der Waals surface area contributed by atoms with Crippen molar-refractivity contribution in [1.29, 1.82) is 0 Å². The summed E-state index contributed by atoms with van der Waals surface area (Å²) in [4.78, 5) is 4.53. The molecule has 1 aliphatic carbocycles. The highest BCUT2D eigenvalue weighted by molar-refractivity contribution is 7.13. The fourth-order valence-electron chi connectivity index (χ4n) is 2.98. The van der Waals surface area contributed by atoms with Crippen molar-refractivity contribution in [2.45, 2.75) is 31.1 Å². The average Bonchev–Trinajstić information content (AvgIpc) is 2.99. The fraction of sp³-hybridized carbons (Fsp3) is 0.357. The lowest BCUT2D eigenvalue weighted by Gasteiger charge is -2.28. The molecule has 0 amide bonds. The van der Waals surface area contributed by atoms with Crippen molar-refractivity contribution < 1.29 is 0 Å². The second-order valence-electron chi connectivity index (χ2n) is 4.98. The molecule has 1 aromatic heterocycles. The molecule has 2 aromatic rings. The fourth-order valence-corrected chi connectivity index (χ4v) is 3.64. The SMILES string of the molecule is Nc1ccc(C2(c3csc(N)n3)CCCC2)cc1. The average molecular weight is 259 g/mol. The Hall–Kier alpha value is -1.55. The van der Waals surface area contributed by atoms with E-state index < -0.39 is 0 Å². The first-order chi connectivity index (χ1) is 8.71. The van der Waals surface area contributed by atoms with Crippen LogP contribution >= 0.6 is 11.3 Å². The first-order valence-corrected chi connectivity index (χ1v) is 7.16. The van der Waals surface area contributed by atoms with Crippen molar-refractivity contribution in [3.63, 3.8) is 0 Å². The Morgan fingerprint density at radius 3 is 2.28 bits per heavy atom. The van der Waals surface area contributed by atoms with Crippen molar-refractivity contribution in [1.82, 2.24) is 4.98 Å². The van der Waals surface area contributed by atoms with Crippen LogP contribution in [0.2, 0.25) is 0 Å². The van der Waals surface area contributed by atoms with E-state index in [1.807, 2.05) is 12.1 Å². The van der Waals surface area contributed by atoms with E-state index in [-0.39, 0.29) is 5.41 Å². The molecule has 0 aliphatic heterocycles. The van der Waals surface area contributed by atoms with Crippen molar-refractivity contribution in [2.24, 2.45) is 0 Å². The Kier molecular flexibility index (Phi) is 2.74. The molecule has 0 bridgehead atoms. The predicted molar refractivity (Wildman–Crippen MR) is 76.6 cm³/mol. The molecular formula is C14H17N3S. The number of benzene rings is 1. The molecule has 1 aromatic carbocycles. The third-order valence-corrected chi connectivity index (χ3v) is 4.61. The molecule has 1 aliphatic rings. The molecule has 0 unspecified atom stereocenters. The zero-order valence-electron chi connectivity index (χ0n) is 10.2. The number of nitrogens with two attached hydrogens (primary N) is 2. The summed E-state index contributed by atoms with van der Waals surface area (Å²) in [6.07, 6.45) is 4.81. The first-order valence-electron chi connectivity index (χ1n) is 6.28.